The van der Waals surface area contributed by atoms with E-state index in [1.54, 1.807) is 0 Å². The second kappa shape index (κ2) is 3.93. The van der Waals surface area contributed by atoms with Crippen molar-refractivity contribution in [3.8, 4) is 12.3 Å². The van der Waals surface area contributed by atoms with Gasteiger partial charge in [-0.1, -0.05) is 18.2 Å². The van der Waals surface area contributed by atoms with Gasteiger partial charge in [-0.05, 0) is 12.1 Å². The molecule has 0 spiro atoms. The van der Waals surface area contributed by atoms with Gasteiger partial charge < -0.3 is 0 Å². The summed E-state index contributed by atoms with van der Waals surface area (Å²) in [6.45, 7) is 0. The Morgan fingerprint density at radius 3 is 2.93 bits per heavy atom. The number of hydrogen-bond acceptors (Lipinski definition) is 2. The highest BCUT2D eigenvalue weighted by atomic mass is 16.1. The van der Waals surface area contributed by atoms with Gasteiger partial charge in [0.05, 0.1) is 17.6 Å². The molecule has 0 saturated heterocycles. The molecule has 0 bridgehead atoms. The van der Waals surface area contributed by atoms with E-state index >= 15 is 0 Å². The summed E-state index contributed by atoms with van der Waals surface area (Å²) in [5.74, 6) is 2.50. The standard InChI is InChI=1S/C13H9NO/c1-2-5-12-11(9-15)8-10-6-3-4-7-13(10)14-12/h1,3-4,6-9H,5H2. The van der Waals surface area contributed by atoms with Crippen LogP contribution in [0, 0.1) is 12.3 Å². The fourth-order valence-corrected chi connectivity index (χ4v) is 1.51. The number of rotatable bonds is 2. The number of hydrogen-bond donors (Lipinski definition) is 0. The molecule has 2 aromatic rings. The highest BCUT2D eigenvalue weighted by Crippen LogP contribution is 2.15. The molecule has 1 aromatic heterocycles. The van der Waals surface area contributed by atoms with Crippen molar-refractivity contribution in [3.63, 3.8) is 0 Å². The van der Waals surface area contributed by atoms with Crippen molar-refractivity contribution in [3.05, 3.63) is 41.6 Å². The maximum Gasteiger partial charge on any atom is 0.151 e. The molecule has 72 valence electrons. The fourth-order valence-electron chi connectivity index (χ4n) is 1.51. The molecule has 15 heavy (non-hydrogen) atoms. The first kappa shape index (κ1) is 9.42. The molecule has 0 aliphatic heterocycles. The first-order valence-electron chi connectivity index (χ1n) is 4.62. The van der Waals surface area contributed by atoms with Gasteiger partial charge in [0.2, 0.25) is 0 Å². The highest BCUT2D eigenvalue weighted by Gasteiger charge is 2.04. The minimum atomic E-state index is 0.388. The van der Waals surface area contributed by atoms with Gasteiger partial charge in [0.15, 0.2) is 6.29 Å². The van der Waals surface area contributed by atoms with Gasteiger partial charge in [-0.25, -0.2) is 0 Å². The number of terminal acetylenes is 1. The van der Waals surface area contributed by atoms with E-state index in [0.29, 0.717) is 17.7 Å². The maximum absolute atomic E-state index is 10.8. The number of pyridine rings is 1. The molecule has 0 fully saturated rings. The molecule has 1 heterocycles. The van der Waals surface area contributed by atoms with E-state index in [0.717, 1.165) is 17.2 Å². The predicted octanol–water partition coefficient (Wildman–Crippen LogP) is 2.22. The van der Waals surface area contributed by atoms with Crippen LogP contribution in [0.2, 0.25) is 0 Å². The molecule has 0 N–H and O–H groups in total. The molecule has 0 saturated carbocycles. The SMILES string of the molecule is C#CCc1nc2ccccc2cc1C=O. The minimum Gasteiger partial charge on any atom is -0.298 e. The first-order valence-corrected chi connectivity index (χ1v) is 4.62. The summed E-state index contributed by atoms with van der Waals surface area (Å²) in [6, 6.07) is 9.48. The van der Waals surface area contributed by atoms with E-state index in [9.17, 15) is 4.79 Å². The minimum absolute atomic E-state index is 0.388. The predicted molar refractivity (Wildman–Crippen MR) is 59.7 cm³/mol. The second-order valence-electron chi connectivity index (χ2n) is 3.22. The van der Waals surface area contributed by atoms with Crippen LogP contribution in [0.4, 0.5) is 0 Å². The topological polar surface area (TPSA) is 30.0 Å². The Hall–Kier alpha value is -2.14. The third-order valence-electron chi connectivity index (χ3n) is 2.23. The zero-order chi connectivity index (χ0) is 10.7. The highest BCUT2D eigenvalue weighted by molar-refractivity contribution is 5.87. The number of para-hydroxylation sites is 1. The molecule has 1 aromatic carbocycles. The average molecular weight is 195 g/mol. The second-order valence-corrected chi connectivity index (χ2v) is 3.22. The summed E-state index contributed by atoms with van der Waals surface area (Å²) in [4.78, 5) is 15.2. The van der Waals surface area contributed by atoms with Crippen LogP contribution in [0.3, 0.4) is 0 Å². The molecular formula is C13H9NO. The van der Waals surface area contributed by atoms with Crippen LogP contribution in [-0.4, -0.2) is 11.3 Å². The first-order chi connectivity index (χ1) is 7.35. The van der Waals surface area contributed by atoms with Gasteiger partial charge in [-0.2, -0.15) is 0 Å². The van der Waals surface area contributed by atoms with E-state index in [-0.39, 0.29) is 0 Å². The Kier molecular flexibility index (Phi) is 2.47. The van der Waals surface area contributed by atoms with E-state index in [2.05, 4.69) is 10.9 Å². The van der Waals surface area contributed by atoms with Crippen molar-refractivity contribution in [2.45, 2.75) is 6.42 Å². The van der Waals surface area contributed by atoms with Gasteiger partial charge in [0.25, 0.3) is 0 Å². The third kappa shape index (κ3) is 1.72. The zero-order valence-electron chi connectivity index (χ0n) is 8.10. The Labute approximate surface area is 88.0 Å². The Morgan fingerprint density at radius 1 is 1.40 bits per heavy atom. The van der Waals surface area contributed by atoms with Crippen LogP contribution in [0.25, 0.3) is 10.9 Å². The number of carbonyl (C=O) groups is 1. The molecule has 0 radical (unpaired) electrons. The quantitative estimate of drug-likeness (QED) is 0.543. The van der Waals surface area contributed by atoms with E-state index in [4.69, 9.17) is 6.42 Å². The molecule has 0 aliphatic carbocycles. The Balaban J connectivity index is 2.70. The number of nitrogens with zero attached hydrogens (tertiary/aromatic N) is 1. The van der Waals surface area contributed by atoms with E-state index in [1.807, 2.05) is 30.3 Å². The van der Waals surface area contributed by atoms with Gasteiger partial charge in [-0.3, -0.25) is 9.78 Å². The van der Waals surface area contributed by atoms with Crippen molar-refractivity contribution < 1.29 is 4.79 Å². The van der Waals surface area contributed by atoms with Gasteiger partial charge in [0, 0.05) is 10.9 Å². The maximum atomic E-state index is 10.8. The lowest BCUT2D eigenvalue weighted by Crippen LogP contribution is -1.96. The van der Waals surface area contributed by atoms with E-state index < -0.39 is 0 Å². The summed E-state index contributed by atoms with van der Waals surface area (Å²) < 4.78 is 0. The average Bonchev–Trinajstić information content (AvgIpc) is 2.28. The van der Waals surface area contributed by atoms with Crippen molar-refractivity contribution in [2.75, 3.05) is 0 Å². The fraction of sp³-hybridized carbons (Fsp3) is 0.0769. The smallest absolute Gasteiger partial charge is 0.151 e. The number of fused-ring (bicyclic) bond motifs is 1. The van der Waals surface area contributed by atoms with Crippen molar-refractivity contribution in [1.82, 2.24) is 4.98 Å². The summed E-state index contributed by atoms with van der Waals surface area (Å²) in [7, 11) is 0. The summed E-state index contributed by atoms with van der Waals surface area (Å²) in [6.07, 6.45) is 6.41. The third-order valence-corrected chi connectivity index (χ3v) is 2.23. The van der Waals surface area contributed by atoms with Crippen LogP contribution in [0.5, 0.6) is 0 Å². The molecule has 0 aliphatic rings. The molecule has 0 atom stereocenters. The summed E-state index contributed by atoms with van der Waals surface area (Å²) in [5, 5.41) is 0.959. The molecule has 2 nitrogen and oxygen atoms in total. The molecular weight excluding hydrogens is 186 g/mol. The van der Waals surface area contributed by atoms with Gasteiger partial charge in [-0.15, -0.1) is 12.3 Å². The number of aldehydes is 1. The number of carbonyl (C=O) groups excluding carboxylic acids is 1. The van der Waals surface area contributed by atoms with E-state index in [1.165, 1.54) is 0 Å². The lowest BCUT2D eigenvalue weighted by atomic mass is 10.1. The van der Waals surface area contributed by atoms with Gasteiger partial charge in [0.1, 0.15) is 0 Å². The van der Waals surface area contributed by atoms with Crippen LogP contribution in [0.1, 0.15) is 16.1 Å². The largest absolute Gasteiger partial charge is 0.298 e. The summed E-state index contributed by atoms with van der Waals surface area (Å²) in [5.41, 5.74) is 2.12. The summed E-state index contributed by atoms with van der Waals surface area (Å²) >= 11 is 0. The normalized spacial score (nSPS) is 9.80. The number of benzene rings is 1. The van der Waals surface area contributed by atoms with Crippen LogP contribution < -0.4 is 0 Å². The van der Waals surface area contributed by atoms with Crippen LogP contribution in [-0.2, 0) is 6.42 Å². The zero-order valence-corrected chi connectivity index (χ0v) is 8.10. The van der Waals surface area contributed by atoms with Crippen molar-refractivity contribution >= 4 is 17.2 Å². The molecule has 2 rings (SSSR count). The molecule has 0 unspecified atom stereocenters. The number of aromatic nitrogens is 1. The Morgan fingerprint density at radius 2 is 2.20 bits per heavy atom. The lowest BCUT2D eigenvalue weighted by molar-refractivity contribution is 0.112. The molecule has 2 heteroatoms. The Bertz CT molecular complexity index is 552. The van der Waals surface area contributed by atoms with Crippen LogP contribution >= 0.6 is 0 Å². The monoisotopic (exact) mass is 195 g/mol. The van der Waals surface area contributed by atoms with Crippen molar-refractivity contribution in [1.29, 1.82) is 0 Å². The van der Waals surface area contributed by atoms with Gasteiger partial charge >= 0.3 is 0 Å². The lowest BCUT2D eigenvalue weighted by Gasteiger charge is -2.03. The molecule has 0 amide bonds. The van der Waals surface area contributed by atoms with Crippen molar-refractivity contribution in [2.24, 2.45) is 0 Å². The van der Waals surface area contributed by atoms with Crippen LogP contribution in [0.15, 0.2) is 30.3 Å².